The van der Waals surface area contributed by atoms with E-state index in [-0.39, 0.29) is 0 Å². The van der Waals surface area contributed by atoms with Gasteiger partial charge < -0.3 is 15.0 Å². The van der Waals surface area contributed by atoms with Crippen LogP contribution in [-0.4, -0.2) is 38.7 Å². The molecule has 3 nitrogen and oxygen atoms in total. The topological polar surface area (TPSA) is 24.5 Å². The van der Waals surface area contributed by atoms with Gasteiger partial charge in [0, 0.05) is 11.6 Å². The van der Waals surface area contributed by atoms with E-state index in [4.69, 9.17) is 4.74 Å². The summed E-state index contributed by atoms with van der Waals surface area (Å²) in [5.74, 6) is 1.03. The lowest BCUT2D eigenvalue weighted by atomic mass is 10.0. The minimum absolute atomic E-state index is 0.366. The van der Waals surface area contributed by atoms with Crippen LogP contribution in [0.1, 0.15) is 44.7 Å². The van der Waals surface area contributed by atoms with Crippen molar-refractivity contribution in [2.45, 2.75) is 39.2 Å². The molecular weight excluding hydrogens is 248 g/mol. The summed E-state index contributed by atoms with van der Waals surface area (Å²) < 4.78 is 5.90. The number of nitrogens with one attached hydrogen (secondary N) is 1. The van der Waals surface area contributed by atoms with E-state index >= 15 is 0 Å². The van der Waals surface area contributed by atoms with E-state index in [0.29, 0.717) is 6.04 Å². The van der Waals surface area contributed by atoms with Gasteiger partial charge in [0.05, 0.1) is 6.61 Å². The smallest absolute Gasteiger partial charge is 0.124 e. The molecule has 0 radical (unpaired) electrons. The number of nitrogens with zero attached hydrogens (tertiary/aromatic N) is 1. The van der Waals surface area contributed by atoms with Crippen LogP contribution >= 0.6 is 0 Å². The molecule has 0 aliphatic rings. The molecule has 0 aromatic heterocycles. The lowest BCUT2D eigenvalue weighted by Crippen LogP contribution is -2.26. The van der Waals surface area contributed by atoms with Gasteiger partial charge in [-0.25, -0.2) is 0 Å². The average Bonchev–Trinajstić information content (AvgIpc) is 2.45. The summed E-state index contributed by atoms with van der Waals surface area (Å²) in [7, 11) is 4.24. The fourth-order valence-corrected chi connectivity index (χ4v) is 2.19. The second-order valence-corrected chi connectivity index (χ2v) is 5.48. The van der Waals surface area contributed by atoms with Crippen LogP contribution in [0.4, 0.5) is 0 Å². The fraction of sp³-hybridized carbons (Fsp3) is 0.647. The number of ether oxygens (including phenoxy) is 1. The number of hydrogen-bond donors (Lipinski definition) is 1. The zero-order valence-electron chi connectivity index (χ0n) is 13.5. The highest BCUT2D eigenvalue weighted by Crippen LogP contribution is 2.27. The zero-order valence-corrected chi connectivity index (χ0v) is 13.5. The van der Waals surface area contributed by atoms with E-state index in [2.05, 4.69) is 62.4 Å². The summed E-state index contributed by atoms with van der Waals surface area (Å²) in [6.07, 6.45) is 3.29. The first kappa shape index (κ1) is 17.0. The first-order chi connectivity index (χ1) is 9.69. The van der Waals surface area contributed by atoms with Gasteiger partial charge >= 0.3 is 0 Å². The molecule has 3 heteroatoms. The van der Waals surface area contributed by atoms with Gasteiger partial charge in [-0.3, -0.25) is 0 Å². The SMILES string of the molecule is CCCNC(CCN(C)C)c1ccccc1OCCC. The second-order valence-electron chi connectivity index (χ2n) is 5.48. The van der Waals surface area contributed by atoms with E-state index in [1.54, 1.807) is 0 Å². The molecule has 0 aliphatic carbocycles. The molecule has 0 fully saturated rings. The second kappa shape index (κ2) is 9.78. The van der Waals surface area contributed by atoms with E-state index in [1.165, 1.54) is 5.56 Å². The molecule has 0 amide bonds. The minimum Gasteiger partial charge on any atom is -0.493 e. The standard InChI is InChI=1S/C17H30N2O/c1-5-12-18-16(11-13-19(3)4)15-9-7-8-10-17(15)20-14-6-2/h7-10,16,18H,5-6,11-14H2,1-4H3. The molecule has 0 bridgehead atoms. The van der Waals surface area contributed by atoms with Gasteiger partial charge in [-0.2, -0.15) is 0 Å². The van der Waals surface area contributed by atoms with E-state index in [1.807, 2.05) is 0 Å². The van der Waals surface area contributed by atoms with Crippen LogP contribution in [0.25, 0.3) is 0 Å². The predicted molar refractivity (Wildman–Crippen MR) is 86.4 cm³/mol. The third-order valence-electron chi connectivity index (χ3n) is 3.26. The molecule has 0 heterocycles. The monoisotopic (exact) mass is 278 g/mol. The molecule has 0 spiro atoms. The lowest BCUT2D eigenvalue weighted by molar-refractivity contribution is 0.304. The van der Waals surface area contributed by atoms with Crippen LogP contribution in [0.3, 0.4) is 0 Å². The van der Waals surface area contributed by atoms with Crippen molar-refractivity contribution in [2.75, 3.05) is 33.8 Å². The Morgan fingerprint density at radius 1 is 1.15 bits per heavy atom. The molecular formula is C17H30N2O. The Bertz CT molecular complexity index is 366. The first-order valence-electron chi connectivity index (χ1n) is 7.78. The molecule has 1 rings (SSSR count). The van der Waals surface area contributed by atoms with Gasteiger partial charge in [0.2, 0.25) is 0 Å². The average molecular weight is 278 g/mol. The van der Waals surface area contributed by atoms with Crippen molar-refractivity contribution >= 4 is 0 Å². The van der Waals surface area contributed by atoms with Gasteiger partial charge in [-0.05, 0) is 52.5 Å². The Kier molecular flexibility index (Phi) is 8.31. The van der Waals surface area contributed by atoms with Crippen molar-refractivity contribution in [3.05, 3.63) is 29.8 Å². The number of para-hydroxylation sites is 1. The Morgan fingerprint density at radius 3 is 2.55 bits per heavy atom. The minimum atomic E-state index is 0.366. The molecule has 0 aliphatic heterocycles. The van der Waals surface area contributed by atoms with Crippen molar-refractivity contribution in [3.63, 3.8) is 0 Å². The maximum absolute atomic E-state index is 5.90. The molecule has 0 saturated carbocycles. The largest absolute Gasteiger partial charge is 0.493 e. The number of benzene rings is 1. The third kappa shape index (κ3) is 5.93. The molecule has 1 aromatic rings. The Hall–Kier alpha value is -1.06. The Balaban J connectivity index is 2.81. The Labute approximate surface area is 124 Å². The quantitative estimate of drug-likeness (QED) is 0.709. The molecule has 1 atom stereocenters. The fourth-order valence-electron chi connectivity index (χ4n) is 2.19. The van der Waals surface area contributed by atoms with Gasteiger partial charge in [-0.15, -0.1) is 0 Å². The van der Waals surface area contributed by atoms with Crippen molar-refractivity contribution in [1.82, 2.24) is 10.2 Å². The van der Waals surface area contributed by atoms with Crippen LogP contribution in [0.15, 0.2) is 24.3 Å². The van der Waals surface area contributed by atoms with Crippen molar-refractivity contribution in [1.29, 1.82) is 0 Å². The molecule has 1 aromatic carbocycles. The van der Waals surface area contributed by atoms with Gasteiger partial charge in [0.25, 0.3) is 0 Å². The number of hydrogen-bond acceptors (Lipinski definition) is 3. The Morgan fingerprint density at radius 2 is 1.90 bits per heavy atom. The maximum Gasteiger partial charge on any atom is 0.124 e. The van der Waals surface area contributed by atoms with Crippen molar-refractivity contribution in [3.8, 4) is 5.75 Å². The molecule has 0 saturated heterocycles. The summed E-state index contributed by atoms with van der Waals surface area (Å²) >= 11 is 0. The van der Waals surface area contributed by atoms with Crippen LogP contribution < -0.4 is 10.1 Å². The third-order valence-corrected chi connectivity index (χ3v) is 3.26. The van der Waals surface area contributed by atoms with Gasteiger partial charge in [0.15, 0.2) is 0 Å². The van der Waals surface area contributed by atoms with Crippen LogP contribution in [-0.2, 0) is 0 Å². The van der Waals surface area contributed by atoms with Gasteiger partial charge in [0.1, 0.15) is 5.75 Å². The molecule has 20 heavy (non-hydrogen) atoms. The summed E-state index contributed by atoms with van der Waals surface area (Å²) in [6, 6.07) is 8.79. The van der Waals surface area contributed by atoms with Crippen LogP contribution in [0, 0.1) is 0 Å². The zero-order chi connectivity index (χ0) is 14.8. The summed E-state index contributed by atoms with van der Waals surface area (Å²) in [6.45, 7) is 7.24. The molecule has 1 N–H and O–H groups in total. The van der Waals surface area contributed by atoms with Crippen LogP contribution in [0.5, 0.6) is 5.75 Å². The first-order valence-corrected chi connectivity index (χ1v) is 7.78. The van der Waals surface area contributed by atoms with Gasteiger partial charge in [-0.1, -0.05) is 32.0 Å². The maximum atomic E-state index is 5.90. The molecule has 1 unspecified atom stereocenters. The van der Waals surface area contributed by atoms with Crippen molar-refractivity contribution in [2.24, 2.45) is 0 Å². The highest BCUT2D eigenvalue weighted by atomic mass is 16.5. The van der Waals surface area contributed by atoms with E-state index in [0.717, 1.165) is 44.7 Å². The highest BCUT2D eigenvalue weighted by Gasteiger charge is 2.15. The highest BCUT2D eigenvalue weighted by molar-refractivity contribution is 5.36. The number of rotatable bonds is 10. The lowest BCUT2D eigenvalue weighted by Gasteiger charge is -2.23. The van der Waals surface area contributed by atoms with E-state index < -0.39 is 0 Å². The van der Waals surface area contributed by atoms with Crippen molar-refractivity contribution < 1.29 is 4.74 Å². The predicted octanol–water partition coefficient (Wildman–Crippen LogP) is 3.47. The summed E-state index contributed by atoms with van der Waals surface area (Å²) in [5.41, 5.74) is 1.29. The normalized spacial score (nSPS) is 12.7. The summed E-state index contributed by atoms with van der Waals surface area (Å²) in [4.78, 5) is 2.23. The summed E-state index contributed by atoms with van der Waals surface area (Å²) in [5, 5.41) is 3.65. The van der Waals surface area contributed by atoms with E-state index in [9.17, 15) is 0 Å². The molecule has 114 valence electrons. The van der Waals surface area contributed by atoms with Crippen LogP contribution in [0.2, 0.25) is 0 Å².